The van der Waals surface area contributed by atoms with Gasteiger partial charge in [-0.15, -0.1) is 0 Å². The number of rotatable bonds is 6. The van der Waals surface area contributed by atoms with E-state index in [1.165, 1.54) is 6.07 Å². The first-order valence-corrected chi connectivity index (χ1v) is 11.1. The number of carbonyl (C=O) groups excluding carboxylic acids is 2. The molecule has 0 saturated carbocycles. The number of carbonyl (C=O) groups is 3. The van der Waals surface area contributed by atoms with Crippen LogP contribution in [0.15, 0.2) is 53.7 Å². The van der Waals surface area contributed by atoms with Gasteiger partial charge in [0.05, 0.1) is 5.71 Å². The quantitative estimate of drug-likeness (QED) is 0.287. The highest BCUT2D eigenvalue weighted by molar-refractivity contribution is 6.06. The zero-order chi connectivity index (χ0) is 25.1. The molecule has 2 aromatic carbocycles. The third-order valence-corrected chi connectivity index (χ3v) is 5.57. The zero-order valence-electron chi connectivity index (χ0n) is 19.4. The summed E-state index contributed by atoms with van der Waals surface area (Å²) >= 11 is 0. The molecule has 182 valence electrons. The predicted octanol–water partition coefficient (Wildman–Crippen LogP) is 3.95. The molecule has 2 amide bonds. The highest BCUT2D eigenvalue weighted by Gasteiger charge is 2.22. The molecule has 9 nitrogen and oxygen atoms in total. The second kappa shape index (κ2) is 13.0. The summed E-state index contributed by atoms with van der Waals surface area (Å²) < 4.78 is 0. The molecule has 0 bridgehead atoms. The number of likely N-dealkylation sites (tertiary alicyclic amines) is 1. The van der Waals surface area contributed by atoms with Gasteiger partial charge < -0.3 is 25.6 Å². The molecule has 1 aliphatic rings. The molecule has 1 saturated heterocycles. The van der Waals surface area contributed by atoms with Crippen molar-refractivity contribution < 1.29 is 29.8 Å². The number of amides is 2. The molecular weight excluding hydrogens is 438 g/mol. The fraction of sp³-hybridized carbons (Fsp3) is 0.360. The average Bonchev–Trinajstić information content (AvgIpc) is 2.81. The number of aliphatic carboxylic acids is 1. The molecule has 0 unspecified atom stereocenters. The van der Waals surface area contributed by atoms with E-state index in [1.54, 1.807) is 43.3 Å². The van der Waals surface area contributed by atoms with Gasteiger partial charge in [0.2, 0.25) is 5.91 Å². The Kier molecular flexibility index (Phi) is 10.1. The Hall–Kier alpha value is -3.88. The third kappa shape index (κ3) is 8.23. The summed E-state index contributed by atoms with van der Waals surface area (Å²) in [6.45, 7) is 4.19. The smallest absolute Gasteiger partial charge is 0.300 e. The minimum Gasteiger partial charge on any atom is -0.507 e. The van der Waals surface area contributed by atoms with Crippen molar-refractivity contribution >= 4 is 29.2 Å². The van der Waals surface area contributed by atoms with E-state index in [0.29, 0.717) is 34.9 Å². The van der Waals surface area contributed by atoms with Crippen molar-refractivity contribution in [3.8, 4) is 5.75 Å². The summed E-state index contributed by atoms with van der Waals surface area (Å²) in [4.78, 5) is 34.6. The van der Waals surface area contributed by atoms with Crippen LogP contribution >= 0.6 is 0 Å². The molecule has 0 radical (unpaired) electrons. The fourth-order valence-corrected chi connectivity index (χ4v) is 3.76. The van der Waals surface area contributed by atoms with Crippen molar-refractivity contribution in [1.82, 2.24) is 4.90 Å². The Morgan fingerprint density at radius 1 is 1.06 bits per heavy atom. The van der Waals surface area contributed by atoms with Gasteiger partial charge in [0.25, 0.3) is 11.9 Å². The maximum Gasteiger partial charge on any atom is 0.300 e. The second-order valence-electron chi connectivity index (χ2n) is 8.11. The van der Waals surface area contributed by atoms with Crippen LogP contribution in [0.1, 0.15) is 55.5 Å². The molecule has 1 heterocycles. The molecule has 0 aliphatic carbocycles. The summed E-state index contributed by atoms with van der Waals surface area (Å²) in [5.41, 5.74) is 1.83. The predicted molar refractivity (Wildman–Crippen MR) is 128 cm³/mol. The number of oxime groups is 1. The largest absolute Gasteiger partial charge is 0.507 e. The molecular formula is C25H31N3O6. The van der Waals surface area contributed by atoms with E-state index in [2.05, 4.69) is 10.5 Å². The van der Waals surface area contributed by atoms with Gasteiger partial charge in [-0.1, -0.05) is 23.4 Å². The average molecular weight is 470 g/mol. The van der Waals surface area contributed by atoms with Gasteiger partial charge in [0.15, 0.2) is 0 Å². The van der Waals surface area contributed by atoms with E-state index in [9.17, 15) is 19.9 Å². The number of anilines is 1. The summed E-state index contributed by atoms with van der Waals surface area (Å²) in [7, 11) is 0. The Labute approximate surface area is 198 Å². The van der Waals surface area contributed by atoms with E-state index < -0.39 is 5.97 Å². The van der Waals surface area contributed by atoms with E-state index >= 15 is 0 Å². The first-order valence-electron chi connectivity index (χ1n) is 11.1. The number of benzene rings is 2. The van der Waals surface area contributed by atoms with Crippen molar-refractivity contribution in [2.75, 3.05) is 18.4 Å². The summed E-state index contributed by atoms with van der Waals surface area (Å²) in [6.07, 6.45) is 3.19. The van der Waals surface area contributed by atoms with E-state index in [1.807, 2.05) is 11.0 Å². The van der Waals surface area contributed by atoms with Gasteiger partial charge in [-0.3, -0.25) is 14.4 Å². The van der Waals surface area contributed by atoms with Crippen molar-refractivity contribution in [3.05, 3.63) is 59.7 Å². The molecule has 3 rings (SSSR count). The highest BCUT2D eigenvalue weighted by Crippen LogP contribution is 2.27. The van der Waals surface area contributed by atoms with Gasteiger partial charge >= 0.3 is 0 Å². The van der Waals surface area contributed by atoms with Crippen molar-refractivity contribution in [2.24, 2.45) is 11.1 Å². The van der Waals surface area contributed by atoms with Crippen LogP contribution in [0.3, 0.4) is 0 Å². The SMILES string of the molecule is CC(=O)N1CCC(CCC(=NO)c2ccc(NC(=O)c3ccccc3)cc2O)CC1.CC(=O)O. The topological polar surface area (TPSA) is 140 Å². The number of hydrogen-bond acceptors (Lipinski definition) is 6. The molecule has 1 aliphatic heterocycles. The lowest BCUT2D eigenvalue weighted by Crippen LogP contribution is -2.37. The summed E-state index contributed by atoms with van der Waals surface area (Å²) in [6, 6.07) is 13.6. The number of aromatic hydroxyl groups is 1. The molecule has 2 aromatic rings. The number of carboxylic acids is 1. The molecule has 9 heteroatoms. The van der Waals surface area contributed by atoms with Gasteiger partial charge in [-0.25, -0.2) is 0 Å². The Morgan fingerprint density at radius 3 is 2.21 bits per heavy atom. The van der Waals surface area contributed by atoms with Crippen molar-refractivity contribution in [1.29, 1.82) is 0 Å². The maximum absolute atomic E-state index is 12.3. The van der Waals surface area contributed by atoms with E-state index in [-0.39, 0.29) is 17.6 Å². The molecule has 1 fully saturated rings. The standard InChI is InChI=1S/C23H27N3O4.C2H4O2/c1-16(27)26-13-11-17(12-14-26)7-10-21(25-30)20-9-8-19(15-22(20)28)24-23(29)18-5-3-2-4-6-18;1-2(3)4/h2-6,8-9,15,17,28,30H,7,10-14H2,1H3,(H,24,29);1H3,(H,3,4). The Morgan fingerprint density at radius 2 is 1.68 bits per heavy atom. The van der Waals surface area contributed by atoms with Crippen molar-refractivity contribution in [2.45, 2.75) is 39.5 Å². The van der Waals surface area contributed by atoms with Gasteiger partial charge in [0.1, 0.15) is 5.75 Å². The molecule has 0 spiro atoms. The molecule has 4 N–H and O–H groups in total. The molecule has 0 atom stereocenters. The van der Waals surface area contributed by atoms with Crippen LogP contribution in [-0.2, 0) is 9.59 Å². The van der Waals surface area contributed by atoms with Crippen LogP contribution in [0.4, 0.5) is 5.69 Å². The minimum absolute atomic E-state index is 0.0555. The lowest BCUT2D eigenvalue weighted by molar-refractivity contribution is -0.134. The number of carboxylic acid groups (broad SMARTS) is 1. The number of piperidine rings is 1. The summed E-state index contributed by atoms with van der Waals surface area (Å²) in [5, 5.41) is 33.4. The number of nitrogens with zero attached hydrogens (tertiary/aromatic N) is 2. The normalized spacial score (nSPS) is 14.1. The molecule has 34 heavy (non-hydrogen) atoms. The number of phenolic OH excluding ortho intramolecular Hbond substituents is 1. The van der Waals surface area contributed by atoms with E-state index in [4.69, 9.17) is 9.90 Å². The monoisotopic (exact) mass is 469 g/mol. The Balaban J connectivity index is 0.000000945. The lowest BCUT2D eigenvalue weighted by atomic mass is 9.90. The third-order valence-electron chi connectivity index (χ3n) is 5.57. The van der Waals surface area contributed by atoms with Crippen LogP contribution in [0.25, 0.3) is 0 Å². The van der Waals surface area contributed by atoms with Gasteiger partial charge in [-0.05, 0) is 55.9 Å². The second-order valence-corrected chi connectivity index (χ2v) is 8.11. The summed E-state index contributed by atoms with van der Waals surface area (Å²) in [5.74, 6) is -0.602. The van der Waals surface area contributed by atoms with Crippen LogP contribution in [0.5, 0.6) is 5.75 Å². The number of hydrogen-bond donors (Lipinski definition) is 4. The fourth-order valence-electron chi connectivity index (χ4n) is 3.76. The Bertz CT molecular complexity index is 1010. The minimum atomic E-state index is -0.833. The van der Waals surface area contributed by atoms with Gasteiger partial charge in [-0.2, -0.15) is 0 Å². The number of phenols is 1. The first kappa shape index (κ1) is 26.4. The first-order chi connectivity index (χ1) is 16.2. The number of nitrogens with one attached hydrogen (secondary N) is 1. The van der Waals surface area contributed by atoms with Crippen molar-refractivity contribution in [3.63, 3.8) is 0 Å². The maximum atomic E-state index is 12.3. The lowest BCUT2D eigenvalue weighted by Gasteiger charge is -2.31. The van der Waals surface area contributed by atoms with Gasteiger partial charge in [0, 0.05) is 49.8 Å². The zero-order valence-corrected chi connectivity index (χ0v) is 19.4. The van der Waals surface area contributed by atoms with Crippen LogP contribution in [-0.4, -0.2) is 56.9 Å². The van der Waals surface area contributed by atoms with E-state index in [0.717, 1.165) is 39.3 Å². The molecule has 0 aromatic heterocycles. The highest BCUT2D eigenvalue weighted by atomic mass is 16.4. The van der Waals surface area contributed by atoms with Crippen LogP contribution in [0, 0.1) is 5.92 Å². The van der Waals surface area contributed by atoms with Crippen LogP contribution < -0.4 is 5.32 Å². The van der Waals surface area contributed by atoms with Crippen LogP contribution in [0.2, 0.25) is 0 Å².